The lowest BCUT2D eigenvalue weighted by atomic mass is 9.73. The third-order valence-electron chi connectivity index (χ3n) is 9.20. The molecule has 1 heterocycles. The molecule has 52 heavy (non-hydrogen) atoms. The van der Waals surface area contributed by atoms with E-state index in [1.807, 2.05) is 79.7 Å². The summed E-state index contributed by atoms with van der Waals surface area (Å²) >= 11 is 0. The predicted molar refractivity (Wildman–Crippen MR) is 204 cm³/mol. The van der Waals surface area contributed by atoms with Gasteiger partial charge in [0.1, 0.15) is 5.52 Å². The Hall–Kier alpha value is -5.58. The molecular formula is C42H41N3O6S. The van der Waals surface area contributed by atoms with Crippen molar-refractivity contribution in [2.45, 2.75) is 44.9 Å². The van der Waals surface area contributed by atoms with Crippen LogP contribution in [-0.4, -0.2) is 42.1 Å². The van der Waals surface area contributed by atoms with E-state index in [9.17, 15) is 18.0 Å². The molecule has 0 aliphatic heterocycles. The number of oxazole rings is 1. The van der Waals surface area contributed by atoms with Gasteiger partial charge in [0.2, 0.25) is 11.8 Å². The third-order valence-corrected chi connectivity index (χ3v) is 9.92. The second-order valence-electron chi connectivity index (χ2n) is 14.0. The number of nitrogens with zero attached hydrogens (tertiary/aromatic N) is 1. The third kappa shape index (κ3) is 7.98. The maximum Gasteiger partial charge on any atom is 0.266 e. The summed E-state index contributed by atoms with van der Waals surface area (Å²) in [5, 5.41) is 5.62. The highest BCUT2D eigenvalue weighted by Crippen LogP contribution is 2.40. The van der Waals surface area contributed by atoms with Gasteiger partial charge >= 0.3 is 0 Å². The van der Waals surface area contributed by atoms with Crippen LogP contribution in [0.1, 0.15) is 59.3 Å². The fourth-order valence-electron chi connectivity index (χ4n) is 6.22. The van der Waals surface area contributed by atoms with Gasteiger partial charge in [-0.3, -0.25) is 14.1 Å². The first-order chi connectivity index (χ1) is 24.7. The highest BCUT2D eigenvalue weighted by molar-refractivity contribution is 7.85. The summed E-state index contributed by atoms with van der Waals surface area (Å²) in [7, 11) is -4.22. The van der Waals surface area contributed by atoms with Crippen LogP contribution in [0.5, 0.6) is 0 Å². The van der Waals surface area contributed by atoms with Gasteiger partial charge in [0.25, 0.3) is 16.0 Å². The average Bonchev–Trinajstić information content (AvgIpc) is 3.57. The molecule has 266 valence electrons. The van der Waals surface area contributed by atoms with Crippen molar-refractivity contribution in [3.8, 4) is 11.1 Å². The summed E-state index contributed by atoms with van der Waals surface area (Å²) in [6.07, 6.45) is 0.127. The van der Waals surface area contributed by atoms with Gasteiger partial charge in [-0.2, -0.15) is 8.42 Å². The number of anilines is 1. The van der Waals surface area contributed by atoms with E-state index in [0.717, 1.165) is 22.3 Å². The molecule has 9 nitrogen and oxygen atoms in total. The van der Waals surface area contributed by atoms with E-state index >= 15 is 0 Å². The van der Waals surface area contributed by atoms with Crippen LogP contribution in [0.2, 0.25) is 0 Å². The van der Waals surface area contributed by atoms with Crippen LogP contribution in [0.15, 0.2) is 126 Å². The van der Waals surface area contributed by atoms with Crippen LogP contribution < -0.4 is 10.6 Å². The Morgan fingerprint density at radius 1 is 0.769 bits per heavy atom. The number of hydrogen-bond donors (Lipinski definition) is 3. The quantitative estimate of drug-likeness (QED) is 0.116. The number of fused-ring (bicyclic) bond motifs is 1. The molecule has 2 amide bonds. The molecule has 5 aromatic carbocycles. The highest BCUT2D eigenvalue weighted by Gasteiger charge is 2.47. The van der Waals surface area contributed by atoms with Gasteiger partial charge < -0.3 is 15.1 Å². The molecule has 3 N–H and O–H groups in total. The molecule has 0 radical (unpaired) electrons. The number of para-hydroxylation sites is 2. The van der Waals surface area contributed by atoms with Crippen molar-refractivity contribution in [2.75, 3.05) is 17.6 Å². The lowest BCUT2D eigenvalue weighted by Crippen LogP contribution is -2.44. The summed E-state index contributed by atoms with van der Waals surface area (Å²) in [5.41, 5.74) is 6.22. The van der Waals surface area contributed by atoms with Gasteiger partial charge in [-0.25, -0.2) is 4.98 Å². The fourth-order valence-corrected chi connectivity index (χ4v) is 6.58. The first-order valence-corrected chi connectivity index (χ1v) is 18.6. The molecule has 0 unspecified atom stereocenters. The van der Waals surface area contributed by atoms with Crippen LogP contribution in [0.4, 0.5) is 5.69 Å². The lowest BCUT2D eigenvalue weighted by Gasteiger charge is -2.31. The SMILES string of the molecule is Cc1cccc2oc([C@](Cc3ccc(C(=O)NCCS(=O)(=O)O)cc3)(C(=O)Nc3ccccc3)c3ccc(-c4ccc(C(C)(C)C)cc4)cc3)nc12. The second kappa shape index (κ2) is 14.6. The predicted octanol–water partition coefficient (Wildman–Crippen LogP) is 7.89. The Balaban J connectivity index is 1.45. The molecule has 10 heteroatoms. The summed E-state index contributed by atoms with van der Waals surface area (Å²) in [4.78, 5) is 32.6. The summed E-state index contributed by atoms with van der Waals surface area (Å²) in [6, 6.07) is 38.0. The number of hydrogen-bond acceptors (Lipinski definition) is 6. The number of rotatable bonds is 11. The minimum Gasteiger partial charge on any atom is -0.439 e. The first kappa shape index (κ1) is 36.2. The molecule has 0 fully saturated rings. The Bertz CT molecular complexity index is 2310. The lowest BCUT2D eigenvalue weighted by molar-refractivity contribution is -0.120. The minimum atomic E-state index is -4.22. The zero-order chi connectivity index (χ0) is 37.1. The van der Waals surface area contributed by atoms with Crippen molar-refractivity contribution in [2.24, 2.45) is 0 Å². The van der Waals surface area contributed by atoms with Gasteiger partial charge in [0, 0.05) is 17.8 Å². The van der Waals surface area contributed by atoms with Crippen LogP contribution in [0.3, 0.4) is 0 Å². The van der Waals surface area contributed by atoms with E-state index in [0.29, 0.717) is 22.4 Å². The van der Waals surface area contributed by atoms with E-state index in [1.54, 1.807) is 24.3 Å². The molecule has 0 aliphatic carbocycles. The highest BCUT2D eigenvalue weighted by atomic mass is 32.2. The molecule has 6 aromatic rings. The van der Waals surface area contributed by atoms with Crippen LogP contribution in [0, 0.1) is 6.92 Å². The standard InChI is InChI=1S/C42H41N3O6S/c1-28-9-8-12-36-37(28)45-40(51-36)42(39(47)44-35-10-6-5-7-11-35,27-29-13-15-32(16-14-29)38(46)43-25-26-52(48,49)50)34-23-19-31(20-24-34)30-17-21-33(22-18-30)41(2,3)4/h5-24H,25-27H2,1-4H3,(H,43,46)(H,44,47)(H,48,49,50)/t42-/m0/s1. The maximum absolute atomic E-state index is 14.9. The largest absolute Gasteiger partial charge is 0.439 e. The van der Waals surface area contributed by atoms with E-state index in [2.05, 4.69) is 55.7 Å². The summed E-state index contributed by atoms with van der Waals surface area (Å²) in [6.45, 7) is 8.25. The van der Waals surface area contributed by atoms with E-state index in [4.69, 9.17) is 14.0 Å². The molecule has 0 aliphatic rings. The van der Waals surface area contributed by atoms with Crippen molar-refractivity contribution in [3.63, 3.8) is 0 Å². The Labute approximate surface area is 303 Å². The number of aromatic nitrogens is 1. The molecule has 0 bridgehead atoms. The van der Waals surface area contributed by atoms with E-state index < -0.39 is 27.2 Å². The maximum atomic E-state index is 14.9. The van der Waals surface area contributed by atoms with Crippen molar-refractivity contribution in [1.82, 2.24) is 10.3 Å². The molecular weight excluding hydrogens is 675 g/mol. The topological polar surface area (TPSA) is 139 Å². The molecule has 0 saturated carbocycles. The van der Waals surface area contributed by atoms with Gasteiger partial charge in [0.15, 0.2) is 11.0 Å². The Kier molecular flexibility index (Phi) is 10.2. The smallest absolute Gasteiger partial charge is 0.266 e. The monoisotopic (exact) mass is 715 g/mol. The summed E-state index contributed by atoms with van der Waals surface area (Å²) in [5.74, 6) is -1.22. The fraction of sp³-hybridized carbons (Fsp3) is 0.214. The van der Waals surface area contributed by atoms with E-state index in [1.165, 1.54) is 5.56 Å². The number of carbonyl (C=O) groups excluding carboxylic acids is 2. The first-order valence-electron chi connectivity index (χ1n) is 17.0. The van der Waals surface area contributed by atoms with Crippen LogP contribution >= 0.6 is 0 Å². The summed E-state index contributed by atoms with van der Waals surface area (Å²) < 4.78 is 37.7. The number of aryl methyl sites for hydroxylation is 1. The zero-order valence-electron chi connectivity index (χ0n) is 29.5. The number of nitrogens with one attached hydrogen (secondary N) is 2. The Morgan fingerprint density at radius 3 is 1.96 bits per heavy atom. The Morgan fingerprint density at radius 2 is 1.38 bits per heavy atom. The zero-order valence-corrected chi connectivity index (χ0v) is 30.3. The molecule has 6 rings (SSSR count). The van der Waals surface area contributed by atoms with Crippen molar-refractivity contribution < 1.29 is 27.0 Å². The number of carbonyl (C=O) groups is 2. The second-order valence-corrected chi connectivity index (χ2v) is 15.6. The van der Waals surface area contributed by atoms with Crippen LogP contribution in [-0.2, 0) is 32.2 Å². The van der Waals surface area contributed by atoms with Gasteiger partial charge in [-0.15, -0.1) is 0 Å². The van der Waals surface area contributed by atoms with Gasteiger partial charge in [0.05, 0.1) is 5.75 Å². The molecule has 0 spiro atoms. The number of benzene rings is 5. The normalized spacial score (nSPS) is 13.0. The van der Waals surface area contributed by atoms with Crippen molar-refractivity contribution >= 4 is 38.7 Å². The van der Waals surface area contributed by atoms with E-state index in [-0.39, 0.29) is 35.7 Å². The molecule has 1 aromatic heterocycles. The minimum absolute atomic E-state index is 0.0249. The average molecular weight is 716 g/mol. The van der Waals surface area contributed by atoms with Gasteiger partial charge in [-0.05, 0) is 82.5 Å². The number of amides is 2. The van der Waals surface area contributed by atoms with Gasteiger partial charge in [-0.1, -0.05) is 112 Å². The van der Waals surface area contributed by atoms with Crippen molar-refractivity contribution in [1.29, 1.82) is 0 Å². The van der Waals surface area contributed by atoms with Crippen LogP contribution in [0.25, 0.3) is 22.2 Å². The van der Waals surface area contributed by atoms with Crippen molar-refractivity contribution in [3.05, 3.63) is 155 Å². The molecule has 0 saturated heterocycles. The molecule has 1 atom stereocenters.